The maximum atomic E-state index is 14.1. The molecule has 244 valence electrons. The first kappa shape index (κ1) is 35.0. The Balaban J connectivity index is 1.72. The topological polar surface area (TPSA) is 115 Å². The average molecular weight is 645 g/mol. The summed E-state index contributed by atoms with van der Waals surface area (Å²) in [5.41, 5.74) is 4.76. The van der Waals surface area contributed by atoms with E-state index in [9.17, 15) is 20.0 Å². The van der Waals surface area contributed by atoms with Crippen molar-refractivity contribution in [2.45, 2.75) is 64.0 Å². The van der Waals surface area contributed by atoms with Gasteiger partial charge in [-0.1, -0.05) is 67.1 Å². The van der Waals surface area contributed by atoms with E-state index in [1.807, 2.05) is 60.5 Å². The van der Waals surface area contributed by atoms with Crippen LogP contribution in [0.15, 0.2) is 60.7 Å². The molecule has 8 nitrogen and oxygen atoms in total. The standard InChI is InChI=1S/C37H45ClN4O4/c1-4-26-10-5-11-29(22-26)34-32(14-6-15-33(34)38)37(45,18-9-20-41-36(44)46-3)30-13-8-21-42(25-30)35(43)31-17-16-27(24-40-2)23-28(31)12-7-19-39/h5-6,10-11,14-17,22-23,30,40,45H,4,7-9,12-13,18,20-21,24-25H2,1-3H3,(H,41,44)/t30-,37+/m1/s1. The van der Waals surface area contributed by atoms with Crippen molar-refractivity contribution in [2.75, 3.05) is 33.8 Å². The molecule has 0 aromatic heterocycles. The Hall–Kier alpha value is -3.90. The molecule has 1 aliphatic rings. The largest absolute Gasteiger partial charge is 0.453 e. The summed E-state index contributed by atoms with van der Waals surface area (Å²) in [7, 11) is 3.20. The predicted octanol–water partition coefficient (Wildman–Crippen LogP) is 6.62. The molecule has 2 amide bonds. The van der Waals surface area contributed by atoms with Crippen molar-refractivity contribution >= 4 is 23.6 Å². The maximum absolute atomic E-state index is 14.1. The number of piperidine rings is 1. The number of halogens is 1. The molecule has 0 saturated carbocycles. The van der Waals surface area contributed by atoms with Crippen LogP contribution in [0.25, 0.3) is 11.1 Å². The number of carbonyl (C=O) groups is 2. The monoisotopic (exact) mass is 644 g/mol. The Kier molecular flexibility index (Phi) is 12.6. The number of nitrogens with zero attached hydrogens (tertiary/aromatic N) is 2. The van der Waals surface area contributed by atoms with Gasteiger partial charge in [-0.3, -0.25) is 4.79 Å². The zero-order chi connectivity index (χ0) is 33.1. The number of hydrogen-bond donors (Lipinski definition) is 3. The molecule has 0 bridgehead atoms. The number of benzene rings is 3. The molecule has 1 aliphatic heterocycles. The molecule has 3 N–H and O–H groups in total. The lowest BCUT2D eigenvalue weighted by atomic mass is 9.72. The fraction of sp³-hybridized carbons (Fsp3) is 0.432. The Morgan fingerprint density at radius 2 is 1.96 bits per heavy atom. The predicted molar refractivity (Wildman–Crippen MR) is 182 cm³/mol. The van der Waals surface area contributed by atoms with Crippen LogP contribution in [-0.4, -0.2) is 55.8 Å². The van der Waals surface area contributed by atoms with Gasteiger partial charge in [0.2, 0.25) is 0 Å². The van der Waals surface area contributed by atoms with Crippen molar-refractivity contribution in [3.8, 4) is 17.2 Å². The van der Waals surface area contributed by atoms with Crippen molar-refractivity contribution < 1.29 is 19.4 Å². The van der Waals surface area contributed by atoms with Gasteiger partial charge in [-0.05, 0) is 85.5 Å². The van der Waals surface area contributed by atoms with Gasteiger partial charge in [-0.25, -0.2) is 4.79 Å². The van der Waals surface area contributed by atoms with Crippen LogP contribution in [0.5, 0.6) is 0 Å². The van der Waals surface area contributed by atoms with E-state index in [4.69, 9.17) is 16.3 Å². The minimum absolute atomic E-state index is 0.0923. The van der Waals surface area contributed by atoms with Gasteiger partial charge < -0.3 is 25.4 Å². The summed E-state index contributed by atoms with van der Waals surface area (Å²) in [6.07, 6.45) is 3.43. The van der Waals surface area contributed by atoms with E-state index in [2.05, 4.69) is 35.8 Å². The van der Waals surface area contributed by atoms with Gasteiger partial charge in [-0.2, -0.15) is 5.26 Å². The van der Waals surface area contributed by atoms with Crippen molar-refractivity contribution in [3.63, 3.8) is 0 Å². The molecule has 0 radical (unpaired) electrons. The number of rotatable bonds is 13. The minimum Gasteiger partial charge on any atom is -0.453 e. The lowest BCUT2D eigenvalue weighted by Crippen LogP contribution is -2.48. The second kappa shape index (κ2) is 16.6. The lowest BCUT2D eigenvalue weighted by Gasteiger charge is -2.44. The number of alkyl carbamates (subject to hydrolysis) is 1. The third kappa shape index (κ3) is 8.27. The third-order valence-corrected chi connectivity index (χ3v) is 9.28. The van der Waals surface area contributed by atoms with Crippen LogP contribution in [0, 0.1) is 17.2 Å². The molecular weight excluding hydrogens is 600 g/mol. The normalized spacial score (nSPS) is 15.9. The Labute approximate surface area is 277 Å². The second-order valence-corrected chi connectivity index (χ2v) is 12.3. The summed E-state index contributed by atoms with van der Waals surface area (Å²) in [6, 6.07) is 21.9. The molecule has 1 heterocycles. The smallest absolute Gasteiger partial charge is 0.406 e. The zero-order valence-electron chi connectivity index (χ0n) is 27.1. The first-order valence-electron chi connectivity index (χ1n) is 16.1. The van der Waals surface area contributed by atoms with Crippen LogP contribution in [-0.2, 0) is 29.7 Å². The van der Waals surface area contributed by atoms with Crippen LogP contribution in [0.1, 0.15) is 71.6 Å². The highest BCUT2D eigenvalue weighted by Gasteiger charge is 2.43. The number of amides is 2. The van der Waals surface area contributed by atoms with Gasteiger partial charge in [-0.15, -0.1) is 0 Å². The number of aliphatic hydroxyl groups is 1. The van der Waals surface area contributed by atoms with Crippen LogP contribution in [0.3, 0.4) is 0 Å². The Morgan fingerprint density at radius 3 is 2.70 bits per heavy atom. The van der Waals surface area contributed by atoms with E-state index in [0.29, 0.717) is 68.9 Å². The first-order chi connectivity index (χ1) is 22.2. The third-order valence-electron chi connectivity index (χ3n) is 8.96. The average Bonchev–Trinajstić information content (AvgIpc) is 3.08. The minimum atomic E-state index is -1.35. The second-order valence-electron chi connectivity index (χ2n) is 11.9. The van der Waals surface area contributed by atoms with E-state index in [-0.39, 0.29) is 11.8 Å². The van der Waals surface area contributed by atoms with Crippen LogP contribution >= 0.6 is 11.6 Å². The summed E-state index contributed by atoms with van der Waals surface area (Å²) in [4.78, 5) is 27.7. The van der Waals surface area contributed by atoms with E-state index in [1.165, 1.54) is 7.11 Å². The number of nitriles is 1. The zero-order valence-corrected chi connectivity index (χ0v) is 27.8. The van der Waals surface area contributed by atoms with Crippen LogP contribution < -0.4 is 10.6 Å². The number of methoxy groups -OCH3 is 1. The first-order valence-corrected chi connectivity index (χ1v) is 16.5. The number of carbonyl (C=O) groups excluding carboxylic acids is 2. The van der Waals surface area contributed by atoms with Crippen molar-refractivity contribution in [1.82, 2.24) is 15.5 Å². The van der Waals surface area contributed by atoms with E-state index < -0.39 is 11.7 Å². The number of ether oxygens (including phenoxy) is 1. The summed E-state index contributed by atoms with van der Waals surface area (Å²) < 4.78 is 4.74. The SMILES string of the molecule is CCc1cccc(-c2c(Cl)cccc2[C@](O)(CCCNC(=O)OC)[C@@H]2CCCN(C(=O)c3ccc(CNC)cc3CCC#N)C2)c1. The highest BCUT2D eigenvalue weighted by molar-refractivity contribution is 6.33. The van der Waals surface area contributed by atoms with Crippen LogP contribution in [0.4, 0.5) is 4.79 Å². The van der Waals surface area contributed by atoms with E-state index >= 15 is 0 Å². The van der Waals surface area contributed by atoms with Gasteiger partial charge in [0.15, 0.2) is 0 Å². The fourth-order valence-corrected chi connectivity index (χ4v) is 6.88. The van der Waals surface area contributed by atoms with Gasteiger partial charge in [0, 0.05) is 54.7 Å². The maximum Gasteiger partial charge on any atom is 0.406 e. The van der Waals surface area contributed by atoms with E-state index in [0.717, 1.165) is 46.2 Å². The van der Waals surface area contributed by atoms with E-state index in [1.54, 1.807) is 0 Å². The molecule has 2 atom stereocenters. The van der Waals surface area contributed by atoms with Gasteiger partial charge in [0.05, 0.1) is 18.8 Å². The molecular formula is C37H45ClN4O4. The van der Waals surface area contributed by atoms with Crippen LogP contribution in [0.2, 0.25) is 5.02 Å². The molecule has 4 rings (SSSR count). The van der Waals surface area contributed by atoms with Crippen molar-refractivity contribution in [3.05, 3.63) is 93.5 Å². The fourth-order valence-electron chi connectivity index (χ4n) is 6.59. The molecule has 46 heavy (non-hydrogen) atoms. The molecule has 9 heteroatoms. The van der Waals surface area contributed by atoms with Gasteiger partial charge in [0.1, 0.15) is 0 Å². The molecule has 1 fully saturated rings. The number of likely N-dealkylation sites (tertiary alicyclic amines) is 1. The summed E-state index contributed by atoms with van der Waals surface area (Å²) in [5, 5.41) is 28.6. The highest BCUT2D eigenvalue weighted by atomic mass is 35.5. The van der Waals surface area contributed by atoms with Gasteiger partial charge in [0.25, 0.3) is 5.91 Å². The summed E-state index contributed by atoms with van der Waals surface area (Å²) in [6.45, 7) is 4.03. The molecule has 3 aromatic rings. The molecule has 1 saturated heterocycles. The molecule has 0 unspecified atom stereocenters. The number of aryl methyl sites for hydroxylation is 2. The number of hydrogen-bond acceptors (Lipinski definition) is 6. The summed E-state index contributed by atoms with van der Waals surface area (Å²) >= 11 is 6.90. The molecule has 0 spiro atoms. The molecule has 0 aliphatic carbocycles. The van der Waals surface area contributed by atoms with Crippen molar-refractivity contribution in [2.24, 2.45) is 5.92 Å². The number of nitrogens with one attached hydrogen (secondary N) is 2. The lowest BCUT2D eigenvalue weighted by molar-refractivity contribution is -0.0563. The quantitative estimate of drug-likeness (QED) is 0.180. The summed E-state index contributed by atoms with van der Waals surface area (Å²) in [5.74, 6) is -0.383. The van der Waals surface area contributed by atoms with Crippen molar-refractivity contribution in [1.29, 1.82) is 5.26 Å². The highest BCUT2D eigenvalue weighted by Crippen LogP contribution is 2.46. The molecule has 3 aromatic carbocycles. The Bertz CT molecular complexity index is 1550. The van der Waals surface area contributed by atoms with Gasteiger partial charge >= 0.3 is 6.09 Å². The Morgan fingerprint density at radius 1 is 1.15 bits per heavy atom.